The maximum absolute atomic E-state index is 11.9. The van der Waals surface area contributed by atoms with E-state index in [2.05, 4.69) is 22.5 Å². The van der Waals surface area contributed by atoms with E-state index in [9.17, 15) is 9.59 Å². The molecule has 0 saturated heterocycles. The molecule has 112 valence electrons. The molecule has 0 unspecified atom stereocenters. The molecule has 1 aromatic carbocycles. The minimum absolute atomic E-state index is 0.102. The molecule has 0 heterocycles. The monoisotopic (exact) mass is 290 g/mol. The molecule has 0 aromatic heterocycles. The van der Waals surface area contributed by atoms with Gasteiger partial charge in [-0.2, -0.15) is 0 Å². The van der Waals surface area contributed by atoms with Crippen LogP contribution in [0.1, 0.15) is 15.9 Å². The van der Waals surface area contributed by atoms with Gasteiger partial charge < -0.3 is 20.5 Å². The van der Waals surface area contributed by atoms with Gasteiger partial charge in [-0.1, -0.05) is 17.9 Å². The molecular weight excluding hydrogens is 272 g/mol. The highest BCUT2D eigenvalue weighted by Crippen LogP contribution is 2.03. The largest absolute Gasteiger partial charge is 0.384 e. The van der Waals surface area contributed by atoms with Crippen molar-refractivity contribution >= 4 is 11.8 Å². The van der Waals surface area contributed by atoms with Gasteiger partial charge in [0.2, 0.25) is 5.91 Å². The van der Waals surface area contributed by atoms with Crippen LogP contribution in [0.15, 0.2) is 24.3 Å². The van der Waals surface area contributed by atoms with Crippen LogP contribution in [0.4, 0.5) is 0 Å². The number of benzene rings is 1. The summed E-state index contributed by atoms with van der Waals surface area (Å²) >= 11 is 0. The Balaban J connectivity index is 2.50. The summed E-state index contributed by atoms with van der Waals surface area (Å²) in [6.07, 6.45) is 0. The quantitative estimate of drug-likeness (QED) is 0.488. The predicted octanol–water partition coefficient (Wildman–Crippen LogP) is -0.477. The van der Waals surface area contributed by atoms with Crippen molar-refractivity contribution in [3.63, 3.8) is 0 Å². The van der Waals surface area contributed by atoms with Crippen LogP contribution in [0, 0.1) is 11.8 Å². The average Bonchev–Trinajstić information content (AvgIpc) is 2.51. The second kappa shape index (κ2) is 9.53. The van der Waals surface area contributed by atoms with Crippen molar-refractivity contribution in [1.82, 2.24) is 10.6 Å². The Morgan fingerprint density at radius 1 is 1.33 bits per heavy atom. The number of amides is 2. The van der Waals surface area contributed by atoms with Crippen LogP contribution in [-0.2, 0) is 9.53 Å². The van der Waals surface area contributed by atoms with Gasteiger partial charge in [0, 0.05) is 24.8 Å². The minimum atomic E-state index is -0.357. The standard InChI is InChI=1S/C15H18N2O4/c1-21-9-7-16-14(19)11-17-15(20)13-6-2-4-12(10-13)5-3-8-18/h2,4,6,10,18H,7-9,11H2,1H3,(H,16,19)(H,17,20). The van der Waals surface area contributed by atoms with Gasteiger partial charge in [0.05, 0.1) is 13.2 Å². The van der Waals surface area contributed by atoms with Gasteiger partial charge in [0.25, 0.3) is 5.91 Å². The molecule has 0 bridgehead atoms. The Bertz CT molecular complexity index is 546. The van der Waals surface area contributed by atoms with E-state index in [1.807, 2.05) is 0 Å². The molecule has 2 amide bonds. The van der Waals surface area contributed by atoms with Crippen molar-refractivity contribution in [2.45, 2.75) is 0 Å². The van der Waals surface area contributed by atoms with Gasteiger partial charge in [0.15, 0.2) is 0 Å². The van der Waals surface area contributed by atoms with E-state index >= 15 is 0 Å². The number of carbonyl (C=O) groups excluding carboxylic acids is 2. The lowest BCUT2D eigenvalue weighted by Crippen LogP contribution is -2.38. The topological polar surface area (TPSA) is 87.7 Å². The fourth-order valence-electron chi connectivity index (χ4n) is 1.50. The van der Waals surface area contributed by atoms with Crippen molar-refractivity contribution in [1.29, 1.82) is 0 Å². The van der Waals surface area contributed by atoms with Gasteiger partial charge in [-0.25, -0.2) is 0 Å². The van der Waals surface area contributed by atoms with E-state index in [0.29, 0.717) is 24.3 Å². The average molecular weight is 290 g/mol. The number of carbonyl (C=O) groups is 2. The third-order valence-corrected chi connectivity index (χ3v) is 2.47. The molecule has 0 radical (unpaired) electrons. The third-order valence-electron chi connectivity index (χ3n) is 2.47. The maximum atomic E-state index is 11.9. The van der Waals surface area contributed by atoms with Crippen LogP contribution in [0.3, 0.4) is 0 Å². The van der Waals surface area contributed by atoms with Crippen LogP contribution in [0.2, 0.25) is 0 Å². The Morgan fingerprint density at radius 3 is 2.86 bits per heavy atom. The zero-order chi connectivity index (χ0) is 15.5. The fraction of sp³-hybridized carbons (Fsp3) is 0.333. The molecule has 0 aliphatic heterocycles. The first kappa shape index (κ1) is 16.7. The van der Waals surface area contributed by atoms with Crippen molar-refractivity contribution in [3.8, 4) is 11.8 Å². The number of hydrogen-bond acceptors (Lipinski definition) is 4. The van der Waals surface area contributed by atoms with Gasteiger partial charge >= 0.3 is 0 Å². The summed E-state index contributed by atoms with van der Waals surface area (Å²) in [5.41, 5.74) is 1.03. The molecule has 3 N–H and O–H groups in total. The molecular formula is C15H18N2O4. The smallest absolute Gasteiger partial charge is 0.251 e. The SMILES string of the molecule is COCCNC(=O)CNC(=O)c1cccc(C#CCO)c1. The third kappa shape index (κ3) is 6.56. The van der Waals surface area contributed by atoms with Gasteiger partial charge in [-0.15, -0.1) is 0 Å². The fourth-order valence-corrected chi connectivity index (χ4v) is 1.50. The Labute approximate surface area is 123 Å². The minimum Gasteiger partial charge on any atom is -0.384 e. The number of ether oxygens (including phenoxy) is 1. The summed E-state index contributed by atoms with van der Waals surface area (Å²) in [5.74, 6) is 4.59. The second-order valence-electron chi connectivity index (χ2n) is 4.07. The zero-order valence-corrected chi connectivity index (χ0v) is 11.8. The highest BCUT2D eigenvalue weighted by molar-refractivity contribution is 5.96. The van der Waals surface area contributed by atoms with Crippen LogP contribution in [0.25, 0.3) is 0 Å². The molecule has 21 heavy (non-hydrogen) atoms. The molecule has 6 nitrogen and oxygen atoms in total. The highest BCUT2D eigenvalue weighted by atomic mass is 16.5. The van der Waals surface area contributed by atoms with Crippen molar-refractivity contribution in [2.24, 2.45) is 0 Å². The summed E-state index contributed by atoms with van der Waals surface area (Å²) in [7, 11) is 1.54. The molecule has 0 fully saturated rings. The number of methoxy groups -OCH3 is 1. The Kier molecular flexibility index (Phi) is 7.58. The molecule has 6 heteroatoms. The van der Waals surface area contributed by atoms with E-state index in [1.165, 1.54) is 0 Å². The molecule has 0 saturated carbocycles. The number of hydrogen-bond donors (Lipinski definition) is 3. The van der Waals surface area contributed by atoms with Crippen molar-refractivity contribution in [3.05, 3.63) is 35.4 Å². The summed E-state index contributed by atoms with van der Waals surface area (Å²) in [6, 6.07) is 6.65. The molecule has 0 aliphatic carbocycles. The van der Waals surface area contributed by atoms with Gasteiger partial charge in [-0.3, -0.25) is 9.59 Å². The van der Waals surface area contributed by atoms with E-state index in [1.54, 1.807) is 31.4 Å². The number of aliphatic hydroxyl groups excluding tert-OH is 1. The van der Waals surface area contributed by atoms with Crippen molar-refractivity contribution < 1.29 is 19.4 Å². The summed E-state index contributed by atoms with van der Waals surface area (Å²) in [6.45, 7) is 0.482. The normalized spacial score (nSPS) is 9.43. The number of rotatable bonds is 6. The lowest BCUT2D eigenvalue weighted by molar-refractivity contribution is -0.120. The lowest BCUT2D eigenvalue weighted by Gasteiger charge is -2.06. The second-order valence-corrected chi connectivity index (χ2v) is 4.07. The van der Waals surface area contributed by atoms with Crippen LogP contribution in [-0.4, -0.2) is 50.3 Å². The first-order valence-electron chi connectivity index (χ1n) is 6.41. The van der Waals surface area contributed by atoms with E-state index in [0.717, 1.165) is 0 Å². The summed E-state index contributed by atoms with van der Waals surface area (Å²) < 4.78 is 4.80. The van der Waals surface area contributed by atoms with Crippen LogP contribution >= 0.6 is 0 Å². The Morgan fingerprint density at radius 2 is 2.14 bits per heavy atom. The lowest BCUT2D eigenvalue weighted by atomic mass is 10.1. The van der Waals surface area contributed by atoms with E-state index < -0.39 is 0 Å². The molecule has 0 aliphatic rings. The van der Waals surface area contributed by atoms with Gasteiger partial charge in [-0.05, 0) is 18.2 Å². The highest BCUT2D eigenvalue weighted by Gasteiger charge is 2.07. The molecule has 1 aromatic rings. The summed E-state index contributed by atoms with van der Waals surface area (Å²) in [4.78, 5) is 23.3. The molecule has 0 atom stereocenters. The summed E-state index contributed by atoms with van der Waals surface area (Å²) in [5, 5.41) is 13.8. The zero-order valence-electron chi connectivity index (χ0n) is 11.8. The number of nitrogens with one attached hydrogen (secondary N) is 2. The van der Waals surface area contributed by atoms with E-state index in [-0.39, 0.29) is 25.0 Å². The Hall–Kier alpha value is -2.36. The first-order valence-corrected chi connectivity index (χ1v) is 6.41. The number of aliphatic hydroxyl groups is 1. The van der Waals surface area contributed by atoms with Crippen LogP contribution < -0.4 is 10.6 Å². The molecule has 0 spiro atoms. The van der Waals surface area contributed by atoms with Crippen molar-refractivity contribution in [2.75, 3.05) is 33.4 Å². The maximum Gasteiger partial charge on any atom is 0.251 e. The van der Waals surface area contributed by atoms with E-state index in [4.69, 9.17) is 9.84 Å². The molecule has 1 rings (SSSR count). The first-order chi connectivity index (χ1) is 10.2. The predicted molar refractivity (Wildman–Crippen MR) is 77.6 cm³/mol. The van der Waals surface area contributed by atoms with Gasteiger partial charge in [0.1, 0.15) is 6.61 Å². The van der Waals surface area contributed by atoms with Crippen LogP contribution in [0.5, 0.6) is 0 Å².